The molecular weight excluding hydrogens is 285 g/mol. The van der Waals surface area contributed by atoms with Crippen LogP contribution in [0.1, 0.15) is 33.6 Å². The van der Waals surface area contributed by atoms with Crippen LogP contribution in [0.15, 0.2) is 0 Å². The van der Waals surface area contributed by atoms with Gasteiger partial charge in [0.1, 0.15) is 0 Å². The second-order valence-electron chi connectivity index (χ2n) is 6.60. The summed E-state index contributed by atoms with van der Waals surface area (Å²) in [5.74, 6) is 1.30. The van der Waals surface area contributed by atoms with Crippen molar-refractivity contribution in [2.75, 3.05) is 25.4 Å². The van der Waals surface area contributed by atoms with E-state index in [-0.39, 0.29) is 23.1 Å². The molecule has 1 saturated heterocycles. The second kappa shape index (κ2) is 6.05. The fourth-order valence-electron chi connectivity index (χ4n) is 3.13. The molecular formula is C14H25F3N2S. The lowest BCUT2D eigenvalue weighted by molar-refractivity contribution is -0.0333. The largest absolute Gasteiger partial charge is 0.441 e. The van der Waals surface area contributed by atoms with Crippen LogP contribution >= 0.6 is 11.8 Å². The van der Waals surface area contributed by atoms with Crippen molar-refractivity contribution < 1.29 is 13.2 Å². The lowest BCUT2D eigenvalue weighted by atomic mass is 9.87. The van der Waals surface area contributed by atoms with E-state index in [0.29, 0.717) is 24.4 Å². The number of rotatable bonds is 5. The average Bonchev–Trinajstić information content (AvgIpc) is 3.13. The number of piperazine rings is 1. The molecule has 0 radical (unpaired) electrons. The Morgan fingerprint density at radius 2 is 2.00 bits per heavy atom. The molecule has 2 atom stereocenters. The van der Waals surface area contributed by atoms with Crippen LogP contribution in [-0.4, -0.2) is 47.4 Å². The van der Waals surface area contributed by atoms with E-state index in [9.17, 15) is 13.2 Å². The van der Waals surface area contributed by atoms with E-state index in [0.717, 1.165) is 13.1 Å². The summed E-state index contributed by atoms with van der Waals surface area (Å²) in [6.07, 6.45) is 2.43. The summed E-state index contributed by atoms with van der Waals surface area (Å²) >= 11 is 0.108. The van der Waals surface area contributed by atoms with Gasteiger partial charge in [0, 0.05) is 37.0 Å². The Morgan fingerprint density at radius 3 is 2.50 bits per heavy atom. The lowest BCUT2D eigenvalue weighted by Gasteiger charge is -2.49. The third-order valence-corrected chi connectivity index (χ3v) is 5.46. The van der Waals surface area contributed by atoms with E-state index >= 15 is 0 Å². The number of hydrogen-bond acceptors (Lipinski definition) is 3. The van der Waals surface area contributed by atoms with Crippen molar-refractivity contribution in [2.45, 2.75) is 50.7 Å². The average molecular weight is 310 g/mol. The van der Waals surface area contributed by atoms with Crippen molar-refractivity contribution >= 4 is 11.8 Å². The maximum Gasteiger partial charge on any atom is 0.441 e. The van der Waals surface area contributed by atoms with Crippen molar-refractivity contribution in [3.8, 4) is 0 Å². The zero-order valence-corrected chi connectivity index (χ0v) is 13.3. The standard InChI is InChI=1S/C14H25F3N2S/c1-10(2)12-8-19(6-7-20-14(15,16)17)13(3,9-18-12)11-4-5-11/h10-12,18H,4-9H2,1-3H3. The molecule has 20 heavy (non-hydrogen) atoms. The van der Waals surface area contributed by atoms with Crippen LogP contribution in [0.5, 0.6) is 0 Å². The van der Waals surface area contributed by atoms with Crippen LogP contribution < -0.4 is 5.32 Å². The molecule has 2 aliphatic rings. The maximum absolute atomic E-state index is 12.3. The molecule has 2 nitrogen and oxygen atoms in total. The molecule has 0 aromatic rings. The van der Waals surface area contributed by atoms with Gasteiger partial charge < -0.3 is 5.32 Å². The summed E-state index contributed by atoms with van der Waals surface area (Å²) in [6, 6.07) is 0.387. The fourth-order valence-corrected chi connectivity index (χ4v) is 3.68. The summed E-state index contributed by atoms with van der Waals surface area (Å²) < 4.78 is 36.9. The van der Waals surface area contributed by atoms with Crippen molar-refractivity contribution in [1.29, 1.82) is 0 Å². The second-order valence-corrected chi connectivity index (χ2v) is 7.76. The number of thioether (sulfide) groups is 1. The van der Waals surface area contributed by atoms with Gasteiger partial charge in [-0.3, -0.25) is 4.90 Å². The lowest BCUT2D eigenvalue weighted by Crippen LogP contribution is -2.65. The molecule has 0 spiro atoms. The van der Waals surface area contributed by atoms with E-state index in [4.69, 9.17) is 0 Å². The zero-order chi connectivity index (χ0) is 15.0. The fraction of sp³-hybridized carbons (Fsp3) is 1.00. The van der Waals surface area contributed by atoms with E-state index in [2.05, 4.69) is 31.0 Å². The minimum absolute atomic E-state index is 0.0392. The molecule has 1 saturated carbocycles. The Morgan fingerprint density at radius 1 is 1.35 bits per heavy atom. The van der Waals surface area contributed by atoms with Crippen LogP contribution in [0.2, 0.25) is 0 Å². The molecule has 1 N–H and O–H groups in total. The molecule has 2 unspecified atom stereocenters. The molecule has 1 heterocycles. The molecule has 2 rings (SSSR count). The number of nitrogens with zero attached hydrogens (tertiary/aromatic N) is 1. The zero-order valence-electron chi connectivity index (χ0n) is 12.5. The first-order valence-electron chi connectivity index (χ1n) is 7.41. The van der Waals surface area contributed by atoms with Crippen molar-refractivity contribution in [3.05, 3.63) is 0 Å². The Bertz CT molecular complexity index is 331. The highest BCUT2D eigenvalue weighted by molar-refractivity contribution is 8.00. The Hall–Kier alpha value is 0.0600. The van der Waals surface area contributed by atoms with Gasteiger partial charge in [-0.05, 0) is 43.4 Å². The van der Waals surface area contributed by atoms with Gasteiger partial charge >= 0.3 is 5.51 Å². The van der Waals surface area contributed by atoms with Gasteiger partial charge in [-0.1, -0.05) is 13.8 Å². The van der Waals surface area contributed by atoms with Gasteiger partial charge in [-0.2, -0.15) is 13.2 Å². The first kappa shape index (κ1) is 16.4. The van der Waals surface area contributed by atoms with Crippen LogP contribution in [-0.2, 0) is 0 Å². The molecule has 1 aliphatic heterocycles. The smallest absolute Gasteiger partial charge is 0.311 e. The van der Waals surface area contributed by atoms with Crippen molar-refractivity contribution in [3.63, 3.8) is 0 Å². The molecule has 0 bridgehead atoms. The summed E-state index contributed by atoms with van der Waals surface area (Å²) in [7, 11) is 0. The summed E-state index contributed by atoms with van der Waals surface area (Å²) in [5.41, 5.74) is -4.07. The molecule has 0 amide bonds. The van der Waals surface area contributed by atoms with Crippen LogP contribution in [0.25, 0.3) is 0 Å². The normalized spacial score (nSPS) is 32.9. The van der Waals surface area contributed by atoms with Crippen molar-refractivity contribution in [1.82, 2.24) is 10.2 Å². The Balaban J connectivity index is 1.95. The number of hydrogen-bond donors (Lipinski definition) is 1. The monoisotopic (exact) mass is 310 g/mol. The minimum atomic E-state index is -4.11. The number of halogens is 3. The quantitative estimate of drug-likeness (QED) is 0.838. The van der Waals surface area contributed by atoms with Crippen LogP contribution in [0.4, 0.5) is 13.2 Å². The minimum Gasteiger partial charge on any atom is -0.311 e. The highest BCUT2D eigenvalue weighted by Gasteiger charge is 2.48. The summed E-state index contributed by atoms with van der Waals surface area (Å²) in [6.45, 7) is 8.84. The Labute approximate surface area is 123 Å². The number of nitrogens with one attached hydrogen (secondary N) is 1. The highest BCUT2D eigenvalue weighted by Crippen LogP contribution is 2.44. The number of alkyl halides is 3. The molecule has 0 aromatic carbocycles. The van der Waals surface area contributed by atoms with Gasteiger partial charge in [0.05, 0.1) is 0 Å². The summed E-state index contributed by atoms with van der Waals surface area (Å²) in [5, 5.41) is 3.60. The predicted octanol–water partition coefficient (Wildman–Crippen LogP) is 3.34. The van der Waals surface area contributed by atoms with Gasteiger partial charge in [-0.25, -0.2) is 0 Å². The maximum atomic E-state index is 12.3. The van der Waals surface area contributed by atoms with E-state index in [1.54, 1.807) is 0 Å². The molecule has 0 aromatic heterocycles. The third kappa shape index (κ3) is 4.04. The van der Waals surface area contributed by atoms with Gasteiger partial charge in [0.25, 0.3) is 0 Å². The molecule has 118 valence electrons. The van der Waals surface area contributed by atoms with Gasteiger partial charge in [0.2, 0.25) is 0 Å². The first-order valence-corrected chi connectivity index (χ1v) is 8.40. The van der Waals surface area contributed by atoms with Crippen molar-refractivity contribution in [2.24, 2.45) is 11.8 Å². The SMILES string of the molecule is CC(C)C1CN(CCSC(F)(F)F)C(C)(C2CC2)CN1. The highest BCUT2D eigenvalue weighted by atomic mass is 32.2. The van der Waals surface area contributed by atoms with Crippen LogP contribution in [0, 0.1) is 11.8 Å². The van der Waals surface area contributed by atoms with Crippen LogP contribution in [0.3, 0.4) is 0 Å². The topological polar surface area (TPSA) is 15.3 Å². The molecule has 6 heteroatoms. The summed E-state index contributed by atoms with van der Waals surface area (Å²) in [4.78, 5) is 2.31. The van der Waals surface area contributed by atoms with Gasteiger partial charge in [0.15, 0.2) is 0 Å². The van der Waals surface area contributed by atoms with E-state index < -0.39 is 5.51 Å². The molecule has 2 fully saturated rings. The van der Waals surface area contributed by atoms with Gasteiger partial charge in [-0.15, -0.1) is 0 Å². The van der Waals surface area contributed by atoms with E-state index in [1.807, 2.05) is 0 Å². The Kier molecular flexibility index (Phi) is 4.97. The first-order chi connectivity index (χ1) is 9.22. The predicted molar refractivity (Wildman–Crippen MR) is 77.8 cm³/mol. The third-order valence-electron chi connectivity index (χ3n) is 4.75. The van der Waals surface area contributed by atoms with E-state index in [1.165, 1.54) is 12.8 Å². The molecule has 1 aliphatic carbocycles.